The third kappa shape index (κ3) is 3.77. The van der Waals surface area contributed by atoms with Crippen LogP contribution in [0.3, 0.4) is 0 Å². The number of pyridine rings is 2. The zero-order chi connectivity index (χ0) is 22.3. The van der Waals surface area contributed by atoms with Crippen LogP contribution in [-0.2, 0) is 0 Å². The summed E-state index contributed by atoms with van der Waals surface area (Å²) >= 11 is 13.3. The average Bonchev–Trinajstić information content (AvgIpc) is 2.72. The molecule has 7 heteroatoms. The fourth-order valence-corrected chi connectivity index (χ4v) is 4.85. The number of amides is 1. The van der Waals surface area contributed by atoms with Crippen molar-refractivity contribution in [3.8, 4) is 11.1 Å². The molecule has 0 aliphatic carbocycles. The van der Waals surface area contributed by atoms with Gasteiger partial charge in [-0.2, -0.15) is 0 Å². The molecule has 160 valence electrons. The second-order valence-corrected chi connectivity index (χ2v) is 8.91. The van der Waals surface area contributed by atoms with Gasteiger partial charge in [-0.3, -0.25) is 9.78 Å². The lowest BCUT2D eigenvalue weighted by Crippen LogP contribution is -2.43. The molecule has 0 spiro atoms. The van der Waals surface area contributed by atoms with Crippen LogP contribution in [0.1, 0.15) is 55.4 Å². The van der Waals surface area contributed by atoms with Gasteiger partial charge in [-0.05, 0) is 51.5 Å². The topological polar surface area (TPSA) is 58.1 Å². The number of rotatable bonds is 4. The minimum Gasteiger partial charge on any atom is -0.373 e. The van der Waals surface area contributed by atoms with E-state index >= 15 is 0 Å². The van der Waals surface area contributed by atoms with Crippen molar-refractivity contribution in [1.29, 1.82) is 0 Å². The summed E-state index contributed by atoms with van der Waals surface area (Å²) in [7, 11) is 0. The van der Waals surface area contributed by atoms with Crippen LogP contribution in [0.2, 0.25) is 10.2 Å². The molecule has 1 unspecified atom stereocenters. The second kappa shape index (κ2) is 8.48. The van der Waals surface area contributed by atoms with E-state index in [9.17, 15) is 4.79 Å². The first-order chi connectivity index (χ1) is 14.8. The number of nitrogens with one attached hydrogen (secondary N) is 1. The number of anilines is 1. The zero-order valence-electron chi connectivity index (χ0n) is 17.9. The molecule has 1 N–H and O–H groups in total. The summed E-state index contributed by atoms with van der Waals surface area (Å²) in [6, 6.07) is 11.2. The normalized spacial score (nSPS) is 14.8. The van der Waals surface area contributed by atoms with E-state index < -0.39 is 6.04 Å². The summed E-state index contributed by atoms with van der Waals surface area (Å²) in [5.41, 5.74) is 4.63. The minimum absolute atomic E-state index is 0.0127. The van der Waals surface area contributed by atoms with Gasteiger partial charge < -0.3 is 10.2 Å². The van der Waals surface area contributed by atoms with Gasteiger partial charge in [-0.1, -0.05) is 41.4 Å². The largest absolute Gasteiger partial charge is 0.373 e. The summed E-state index contributed by atoms with van der Waals surface area (Å²) in [5.74, 6) is -0.162. The molecule has 0 bridgehead atoms. The van der Waals surface area contributed by atoms with E-state index in [1.165, 1.54) is 0 Å². The van der Waals surface area contributed by atoms with Gasteiger partial charge in [0.2, 0.25) is 0 Å². The molecule has 5 nitrogen and oxygen atoms in total. The molecule has 1 aromatic carbocycles. The van der Waals surface area contributed by atoms with Gasteiger partial charge in [0, 0.05) is 46.9 Å². The first-order valence-electron chi connectivity index (χ1n) is 10.3. The van der Waals surface area contributed by atoms with Crippen LogP contribution in [0.5, 0.6) is 0 Å². The molecule has 4 rings (SSSR count). The molecule has 1 aliphatic rings. The monoisotopic (exact) mass is 454 g/mol. The van der Waals surface area contributed by atoms with Crippen molar-refractivity contribution in [2.75, 3.05) is 5.32 Å². The van der Waals surface area contributed by atoms with Crippen LogP contribution in [0, 0.1) is 0 Å². The summed E-state index contributed by atoms with van der Waals surface area (Å²) < 4.78 is 0. The molecular weight excluding hydrogens is 431 g/mol. The Morgan fingerprint density at radius 2 is 1.61 bits per heavy atom. The van der Waals surface area contributed by atoms with Gasteiger partial charge in [0.1, 0.15) is 10.8 Å². The highest BCUT2D eigenvalue weighted by Crippen LogP contribution is 2.47. The summed E-state index contributed by atoms with van der Waals surface area (Å²) in [4.78, 5) is 24.2. The van der Waals surface area contributed by atoms with Gasteiger partial charge in [-0.15, -0.1) is 0 Å². The SMILES string of the molecule is CC(C)N(C(=O)c1nccc(Cl)c1C1Nc2ccccc2-c2ccnc(Cl)c21)C(C)C. The van der Waals surface area contributed by atoms with Crippen LogP contribution in [0.15, 0.2) is 48.8 Å². The number of nitrogens with zero attached hydrogens (tertiary/aromatic N) is 3. The molecule has 0 fully saturated rings. The van der Waals surface area contributed by atoms with E-state index in [1.54, 1.807) is 18.5 Å². The van der Waals surface area contributed by atoms with E-state index in [2.05, 4.69) is 15.3 Å². The van der Waals surface area contributed by atoms with Gasteiger partial charge in [0.05, 0.1) is 11.1 Å². The van der Waals surface area contributed by atoms with Crippen molar-refractivity contribution >= 4 is 34.8 Å². The number of benzene rings is 1. The van der Waals surface area contributed by atoms with Crippen LogP contribution in [0.4, 0.5) is 5.69 Å². The van der Waals surface area contributed by atoms with Gasteiger partial charge in [0.25, 0.3) is 5.91 Å². The molecule has 1 atom stereocenters. The maximum absolute atomic E-state index is 13.6. The van der Waals surface area contributed by atoms with Crippen molar-refractivity contribution in [1.82, 2.24) is 14.9 Å². The molecule has 3 heterocycles. The lowest BCUT2D eigenvalue weighted by molar-refractivity contribution is 0.0636. The molecule has 2 aromatic heterocycles. The molecule has 0 radical (unpaired) electrons. The lowest BCUT2D eigenvalue weighted by Gasteiger charge is -2.34. The fourth-order valence-electron chi connectivity index (χ4n) is 4.33. The number of carbonyl (C=O) groups excluding carboxylic acids is 1. The highest BCUT2D eigenvalue weighted by atomic mass is 35.5. The average molecular weight is 455 g/mol. The maximum atomic E-state index is 13.6. The summed E-state index contributed by atoms with van der Waals surface area (Å²) in [5, 5.41) is 4.34. The standard InChI is InChI=1S/C24H24Cl2N4O/c1-13(2)30(14(3)4)24(31)22-20(17(25)10-12-27-22)21-19-16(9-11-28-23(19)26)15-7-5-6-8-18(15)29-21/h5-14,21,29H,1-4H3. The Kier molecular flexibility index (Phi) is 5.91. The number of para-hydroxylation sites is 1. The Morgan fingerprint density at radius 1 is 0.935 bits per heavy atom. The van der Waals surface area contributed by atoms with Crippen molar-refractivity contribution in [2.45, 2.75) is 45.8 Å². The van der Waals surface area contributed by atoms with Gasteiger partial charge in [0.15, 0.2) is 0 Å². The highest BCUT2D eigenvalue weighted by molar-refractivity contribution is 6.32. The number of hydrogen-bond donors (Lipinski definition) is 1. The van der Waals surface area contributed by atoms with E-state index in [1.807, 2.05) is 62.9 Å². The minimum atomic E-state index is -0.465. The fraction of sp³-hybridized carbons (Fsp3) is 0.292. The molecular formula is C24H24Cl2N4O. The van der Waals surface area contributed by atoms with Crippen LogP contribution < -0.4 is 5.32 Å². The summed E-state index contributed by atoms with van der Waals surface area (Å²) in [6.45, 7) is 7.97. The number of halogens is 2. The zero-order valence-corrected chi connectivity index (χ0v) is 19.4. The van der Waals surface area contributed by atoms with Gasteiger partial charge >= 0.3 is 0 Å². The smallest absolute Gasteiger partial charge is 0.273 e. The Bertz CT molecular complexity index is 1140. The highest BCUT2D eigenvalue weighted by Gasteiger charge is 2.34. The quantitative estimate of drug-likeness (QED) is 0.475. The Morgan fingerprint density at radius 3 is 2.32 bits per heavy atom. The predicted octanol–water partition coefficient (Wildman–Crippen LogP) is 6.22. The van der Waals surface area contributed by atoms with Crippen LogP contribution >= 0.6 is 23.2 Å². The number of fused-ring (bicyclic) bond motifs is 3. The third-order valence-electron chi connectivity index (χ3n) is 5.52. The van der Waals surface area contributed by atoms with Crippen molar-refractivity contribution in [3.05, 3.63) is 75.8 Å². The number of carbonyl (C=O) groups is 1. The van der Waals surface area contributed by atoms with Gasteiger partial charge in [-0.25, -0.2) is 4.98 Å². The number of aromatic nitrogens is 2. The third-order valence-corrected chi connectivity index (χ3v) is 6.15. The first kappa shape index (κ1) is 21.6. The second-order valence-electron chi connectivity index (χ2n) is 8.14. The number of hydrogen-bond acceptors (Lipinski definition) is 4. The Balaban J connectivity index is 1.94. The van der Waals surface area contributed by atoms with Crippen LogP contribution in [0.25, 0.3) is 11.1 Å². The molecule has 31 heavy (non-hydrogen) atoms. The van der Waals surface area contributed by atoms with E-state index in [4.69, 9.17) is 23.2 Å². The Hall–Kier alpha value is -2.63. The first-order valence-corrected chi connectivity index (χ1v) is 11.0. The van der Waals surface area contributed by atoms with E-state index in [0.29, 0.717) is 21.4 Å². The Labute approximate surface area is 192 Å². The predicted molar refractivity (Wildman–Crippen MR) is 126 cm³/mol. The van der Waals surface area contributed by atoms with Crippen molar-refractivity contribution in [3.63, 3.8) is 0 Å². The molecule has 0 saturated heterocycles. The van der Waals surface area contributed by atoms with Crippen molar-refractivity contribution in [2.24, 2.45) is 0 Å². The molecule has 1 amide bonds. The molecule has 3 aromatic rings. The lowest BCUT2D eigenvalue weighted by atomic mass is 9.87. The molecule has 1 aliphatic heterocycles. The summed E-state index contributed by atoms with van der Waals surface area (Å²) in [6.07, 6.45) is 3.26. The van der Waals surface area contributed by atoms with E-state index in [0.717, 1.165) is 22.4 Å². The van der Waals surface area contributed by atoms with E-state index in [-0.39, 0.29) is 18.0 Å². The molecule has 0 saturated carbocycles. The maximum Gasteiger partial charge on any atom is 0.273 e. The van der Waals surface area contributed by atoms with Crippen LogP contribution in [-0.4, -0.2) is 32.9 Å². The van der Waals surface area contributed by atoms with Crippen molar-refractivity contribution < 1.29 is 4.79 Å².